The van der Waals surface area contributed by atoms with Gasteiger partial charge in [-0.3, -0.25) is 10.1 Å². The number of nitrogens with one attached hydrogen (secondary N) is 2. The SMILES string of the molecule is COc1ccc(C(CNc2ccc([N+](=O)[O-])cn2)c2c[nH]c3ccccc23)cc1. The van der Waals surface area contributed by atoms with Crippen LogP contribution in [0.4, 0.5) is 11.5 Å². The molecule has 146 valence electrons. The molecule has 2 aromatic carbocycles. The summed E-state index contributed by atoms with van der Waals surface area (Å²) in [4.78, 5) is 17.9. The van der Waals surface area contributed by atoms with Crippen LogP contribution < -0.4 is 10.1 Å². The predicted octanol–water partition coefficient (Wildman–Crippen LogP) is 4.72. The zero-order valence-corrected chi connectivity index (χ0v) is 15.8. The minimum atomic E-state index is -0.455. The summed E-state index contributed by atoms with van der Waals surface area (Å²) in [6.45, 7) is 0.582. The molecule has 7 heteroatoms. The predicted molar refractivity (Wildman–Crippen MR) is 113 cm³/mol. The number of methoxy groups -OCH3 is 1. The van der Waals surface area contributed by atoms with Gasteiger partial charge in [0, 0.05) is 35.6 Å². The van der Waals surface area contributed by atoms with E-state index in [9.17, 15) is 10.1 Å². The van der Waals surface area contributed by atoms with Crippen molar-refractivity contribution in [3.63, 3.8) is 0 Å². The van der Waals surface area contributed by atoms with Crippen LogP contribution in [0.1, 0.15) is 17.0 Å². The van der Waals surface area contributed by atoms with Crippen molar-refractivity contribution >= 4 is 22.4 Å². The second-order valence-electron chi connectivity index (χ2n) is 6.65. The molecule has 4 aromatic rings. The summed E-state index contributed by atoms with van der Waals surface area (Å²) in [7, 11) is 1.65. The number of fused-ring (bicyclic) bond motifs is 1. The molecular formula is C22H20N4O3. The molecule has 29 heavy (non-hydrogen) atoms. The first-order valence-corrected chi connectivity index (χ1v) is 9.20. The number of ether oxygens (including phenoxy) is 1. The van der Waals surface area contributed by atoms with Crippen LogP contribution >= 0.6 is 0 Å². The Hall–Kier alpha value is -3.87. The lowest BCUT2D eigenvalue weighted by atomic mass is 9.91. The van der Waals surface area contributed by atoms with Crippen LogP contribution in [0, 0.1) is 10.1 Å². The van der Waals surface area contributed by atoms with Crippen LogP contribution in [-0.4, -0.2) is 28.5 Å². The summed E-state index contributed by atoms with van der Waals surface area (Å²) < 4.78 is 5.28. The molecule has 0 saturated carbocycles. The normalized spacial score (nSPS) is 11.9. The quantitative estimate of drug-likeness (QED) is 0.353. The van der Waals surface area contributed by atoms with Crippen molar-refractivity contribution in [1.29, 1.82) is 0 Å². The minimum absolute atomic E-state index is 0.0288. The first-order chi connectivity index (χ1) is 14.2. The summed E-state index contributed by atoms with van der Waals surface area (Å²) in [5.41, 5.74) is 3.35. The molecule has 7 nitrogen and oxygen atoms in total. The summed E-state index contributed by atoms with van der Waals surface area (Å²) in [6, 6.07) is 19.2. The minimum Gasteiger partial charge on any atom is -0.497 e. The van der Waals surface area contributed by atoms with E-state index in [1.54, 1.807) is 13.2 Å². The number of nitro groups is 1. The Morgan fingerprint density at radius 3 is 2.62 bits per heavy atom. The number of hydrogen-bond acceptors (Lipinski definition) is 5. The third-order valence-electron chi connectivity index (χ3n) is 4.96. The van der Waals surface area contributed by atoms with Crippen molar-refractivity contribution in [3.8, 4) is 5.75 Å². The lowest BCUT2D eigenvalue weighted by Gasteiger charge is -2.19. The Morgan fingerprint density at radius 1 is 1.14 bits per heavy atom. The number of benzene rings is 2. The van der Waals surface area contributed by atoms with Crippen molar-refractivity contribution in [2.45, 2.75) is 5.92 Å². The Balaban J connectivity index is 1.65. The Bertz CT molecular complexity index is 1120. The molecule has 1 unspecified atom stereocenters. The maximum Gasteiger partial charge on any atom is 0.287 e. The highest BCUT2D eigenvalue weighted by atomic mass is 16.6. The van der Waals surface area contributed by atoms with Crippen molar-refractivity contribution in [2.24, 2.45) is 0 Å². The van der Waals surface area contributed by atoms with E-state index in [-0.39, 0.29) is 11.6 Å². The number of rotatable bonds is 7. The van der Waals surface area contributed by atoms with Crippen LogP contribution in [0.25, 0.3) is 10.9 Å². The summed E-state index contributed by atoms with van der Waals surface area (Å²) in [6.07, 6.45) is 3.29. The molecule has 0 saturated heterocycles. The fraction of sp³-hybridized carbons (Fsp3) is 0.136. The van der Waals surface area contributed by atoms with Gasteiger partial charge in [-0.05, 0) is 35.4 Å². The number of anilines is 1. The van der Waals surface area contributed by atoms with Gasteiger partial charge in [-0.1, -0.05) is 30.3 Å². The van der Waals surface area contributed by atoms with Crippen molar-refractivity contribution in [1.82, 2.24) is 9.97 Å². The Kier molecular flexibility index (Phi) is 5.11. The molecule has 1 atom stereocenters. The first-order valence-electron chi connectivity index (χ1n) is 9.20. The summed E-state index contributed by atoms with van der Waals surface area (Å²) in [5.74, 6) is 1.44. The van der Waals surface area contributed by atoms with Gasteiger partial charge < -0.3 is 15.0 Å². The molecule has 2 N–H and O–H groups in total. The molecule has 0 aliphatic rings. The molecule has 4 rings (SSSR count). The van der Waals surface area contributed by atoms with Gasteiger partial charge in [0.1, 0.15) is 17.8 Å². The van der Waals surface area contributed by atoms with E-state index in [2.05, 4.69) is 39.6 Å². The molecule has 2 heterocycles. The number of aromatic amines is 1. The lowest BCUT2D eigenvalue weighted by molar-refractivity contribution is -0.385. The van der Waals surface area contributed by atoms with Gasteiger partial charge in [0.2, 0.25) is 0 Å². The lowest BCUT2D eigenvalue weighted by Crippen LogP contribution is -2.14. The summed E-state index contributed by atoms with van der Waals surface area (Å²) in [5, 5.41) is 15.3. The van der Waals surface area contributed by atoms with Crippen LogP contribution in [0.5, 0.6) is 5.75 Å². The van der Waals surface area contributed by atoms with Gasteiger partial charge in [-0.15, -0.1) is 0 Å². The molecule has 2 aromatic heterocycles. The molecule has 0 radical (unpaired) electrons. The Morgan fingerprint density at radius 2 is 1.93 bits per heavy atom. The zero-order chi connectivity index (χ0) is 20.2. The van der Waals surface area contributed by atoms with E-state index in [4.69, 9.17) is 4.74 Å². The number of para-hydroxylation sites is 1. The van der Waals surface area contributed by atoms with E-state index < -0.39 is 4.92 Å². The van der Waals surface area contributed by atoms with E-state index in [1.165, 1.54) is 17.8 Å². The fourth-order valence-electron chi connectivity index (χ4n) is 3.43. The van der Waals surface area contributed by atoms with Crippen molar-refractivity contribution < 1.29 is 9.66 Å². The second-order valence-corrected chi connectivity index (χ2v) is 6.65. The molecule has 0 spiro atoms. The van der Waals surface area contributed by atoms with Crippen molar-refractivity contribution in [2.75, 3.05) is 19.0 Å². The average molecular weight is 388 g/mol. The van der Waals surface area contributed by atoms with Gasteiger partial charge in [-0.25, -0.2) is 4.98 Å². The van der Waals surface area contributed by atoms with Crippen LogP contribution in [0.15, 0.2) is 73.1 Å². The van der Waals surface area contributed by atoms with E-state index in [0.29, 0.717) is 12.4 Å². The monoisotopic (exact) mass is 388 g/mol. The van der Waals surface area contributed by atoms with Gasteiger partial charge in [0.25, 0.3) is 5.69 Å². The van der Waals surface area contributed by atoms with Crippen molar-refractivity contribution in [3.05, 3.63) is 94.3 Å². The van der Waals surface area contributed by atoms with Gasteiger partial charge >= 0.3 is 0 Å². The van der Waals surface area contributed by atoms with Gasteiger partial charge in [0.05, 0.1) is 12.0 Å². The number of H-pyrrole nitrogens is 1. The Labute approximate surface area is 167 Å². The number of nitrogens with zero attached hydrogens (tertiary/aromatic N) is 2. The molecule has 0 aliphatic heterocycles. The second kappa shape index (κ2) is 8.02. The van der Waals surface area contributed by atoms with E-state index in [0.717, 1.165) is 22.2 Å². The van der Waals surface area contributed by atoms with Gasteiger partial charge in [0.15, 0.2) is 0 Å². The largest absolute Gasteiger partial charge is 0.497 e. The average Bonchev–Trinajstić information content (AvgIpc) is 3.19. The van der Waals surface area contributed by atoms with E-state index in [1.807, 2.05) is 30.5 Å². The molecule has 0 amide bonds. The van der Waals surface area contributed by atoms with Crippen LogP contribution in [-0.2, 0) is 0 Å². The fourth-order valence-corrected chi connectivity index (χ4v) is 3.43. The molecule has 0 fully saturated rings. The van der Waals surface area contributed by atoms with E-state index >= 15 is 0 Å². The highest BCUT2D eigenvalue weighted by molar-refractivity contribution is 5.84. The number of hydrogen-bond donors (Lipinski definition) is 2. The topological polar surface area (TPSA) is 93.1 Å². The highest BCUT2D eigenvalue weighted by Crippen LogP contribution is 2.32. The molecule has 0 bridgehead atoms. The molecule has 0 aliphatic carbocycles. The third kappa shape index (κ3) is 3.89. The smallest absolute Gasteiger partial charge is 0.287 e. The van der Waals surface area contributed by atoms with Crippen LogP contribution in [0.2, 0.25) is 0 Å². The summed E-state index contributed by atoms with van der Waals surface area (Å²) >= 11 is 0. The molecular weight excluding hydrogens is 368 g/mol. The van der Waals surface area contributed by atoms with Crippen LogP contribution in [0.3, 0.4) is 0 Å². The standard InChI is InChI=1S/C22H20N4O3/c1-29-17-9-6-15(7-10-17)19(20-14-23-21-5-3-2-4-18(20)21)13-25-22-11-8-16(12-24-22)26(27)28/h2-12,14,19,23H,13H2,1H3,(H,24,25). The zero-order valence-electron chi connectivity index (χ0n) is 15.8. The third-order valence-corrected chi connectivity index (χ3v) is 4.96. The first kappa shape index (κ1) is 18.5. The number of aromatic nitrogens is 2. The maximum absolute atomic E-state index is 10.8. The number of pyridine rings is 1. The maximum atomic E-state index is 10.8. The van der Waals surface area contributed by atoms with Gasteiger partial charge in [-0.2, -0.15) is 0 Å². The highest BCUT2D eigenvalue weighted by Gasteiger charge is 2.18.